The van der Waals surface area contributed by atoms with E-state index < -0.39 is 0 Å². The lowest BCUT2D eigenvalue weighted by atomic mass is 10.1. The van der Waals surface area contributed by atoms with Gasteiger partial charge in [0.1, 0.15) is 11.5 Å². The lowest BCUT2D eigenvalue weighted by molar-refractivity contribution is 0.634. The first-order valence-corrected chi connectivity index (χ1v) is 6.70. The van der Waals surface area contributed by atoms with Crippen LogP contribution in [-0.4, -0.2) is 20.1 Å². The Morgan fingerprint density at radius 2 is 1.95 bits per heavy atom. The minimum atomic E-state index is 0.0267. The molecule has 0 saturated carbocycles. The fraction of sp³-hybridized carbons (Fsp3) is 0.250. The van der Waals surface area contributed by atoms with E-state index in [-0.39, 0.29) is 5.54 Å². The molecule has 0 unspecified atom stereocenters. The third kappa shape index (κ3) is 2.50. The summed E-state index contributed by atoms with van der Waals surface area (Å²) in [7, 11) is 0. The summed E-state index contributed by atoms with van der Waals surface area (Å²) >= 11 is 0. The van der Waals surface area contributed by atoms with Crippen LogP contribution in [0.4, 0.5) is 5.69 Å². The van der Waals surface area contributed by atoms with Crippen molar-refractivity contribution in [3.05, 3.63) is 48.9 Å². The van der Waals surface area contributed by atoms with Gasteiger partial charge in [-0.25, -0.2) is 9.97 Å². The number of aromatic nitrogens is 3. The van der Waals surface area contributed by atoms with Gasteiger partial charge in [-0.05, 0) is 45.0 Å². The van der Waals surface area contributed by atoms with Gasteiger partial charge in [-0.2, -0.15) is 0 Å². The molecule has 0 radical (unpaired) electrons. The van der Waals surface area contributed by atoms with E-state index in [2.05, 4.69) is 48.2 Å². The quantitative estimate of drug-likeness (QED) is 0.770. The van der Waals surface area contributed by atoms with Crippen LogP contribution in [0.5, 0.6) is 0 Å². The van der Waals surface area contributed by atoms with Crippen LogP contribution in [0.15, 0.2) is 48.9 Å². The second-order valence-corrected chi connectivity index (χ2v) is 5.89. The molecule has 4 heteroatoms. The first-order chi connectivity index (χ1) is 9.53. The van der Waals surface area contributed by atoms with Gasteiger partial charge in [0.15, 0.2) is 0 Å². The zero-order chi connectivity index (χ0) is 14.2. The number of hydrogen-bond donors (Lipinski definition) is 1. The summed E-state index contributed by atoms with van der Waals surface area (Å²) in [4.78, 5) is 8.92. The monoisotopic (exact) mass is 266 g/mol. The Hall–Kier alpha value is -2.36. The standard InChI is InChI=1S/C16H18N4/c1-16(2,3)19-13-10-12-7-9-20(15(12)18-11-13)14-6-4-5-8-17-14/h4-11,19H,1-3H3. The molecule has 0 bridgehead atoms. The van der Waals surface area contributed by atoms with Crippen molar-refractivity contribution in [1.82, 2.24) is 14.5 Å². The molecule has 3 aromatic rings. The topological polar surface area (TPSA) is 42.7 Å². The highest BCUT2D eigenvalue weighted by molar-refractivity contribution is 5.81. The predicted octanol–water partition coefficient (Wildman–Crippen LogP) is 3.63. The van der Waals surface area contributed by atoms with E-state index in [4.69, 9.17) is 0 Å². The second kappa shape index (κ2) is 4.63. The molecule has 0 spiro atoms. The van der Waals surface area contributed by atoms with E-state index in [1.165, 1.54) is 0 Å². The molecule has 0 aromatic carbocycles. The van der Waals surface area contributed by atoms with Crippen LogP contribution in [-0.2, 0) is 0 Å². The minimum absolute atomic E-state index is 0.0267. The van der Waals surface area contributed by atoms with Gasteiger partial charge >= 0.3 is 0 Å². The number of rotatable bonds is 2. The van der Waals surface area contributed by atoms with E-state index in [1.807, 2.05) is 35.2 Å². The molecule has 4 nitrogen and oxygen atoms in total. The van der Waals surface area contributed by atoms with Gasteiger partial charge in [0.2, 0.25) is 0 Å². The van der Waals surface area contributed by atoms with Crippen LogP contribution >= 0.6 is 0 Å². The molecular formula is C16H18N4. The summed E-state index contributed by atoms with van der Waals surface area (Å²) in [6.45, 7) is 6.41. The molecule has 3 rings (SSSR count). The number of nitrogens with one attached hydrogen (secondary N) is 1. The van der Waals surface area contributed by atoms with Crippen LogP contribution < -0.4 is 5.32 Å². The Morgan fingerprint density at radius 1 is 1.10 bits per heavy atom. The first kappa shape index (κ1) is 12.7. The fourth-order valence-electron chi connectivity index (χ4n) is 2.21. The maximum absolute atomic E-state index is 4.56. The highest BCUT2D eigenvalue weighted by Gasteiger charge is 2.11. The van der Waals surface area contributed by atoms with Crippen molar-refractivity contribution in [2.75, 3.05) is 5.32 Å². The molecule has 0 fully saturated rings. The average Bonchev–Trinajstić information content (AvgIpc) is 2.81. The number of nitrogens with zero attached hydrogens (tertiary/aromatic N) is 3. The third-order valence-corrected chi connectivity index (χ3v) is 2.94. The Morgan fingerprint density at radius 3 is 2.65 bits per heavy atom. The van der Waals surface area contributed by atoms with Gasteiger partial charge in [-0.1, -0.05) is 6.07 Å². The van der Waals surface area contributed by atoms with Gasteiger partial charge in [-0.15, -0.1) is 0 Å². The van der Waals surface area contributed by atoms with Crippen molar-refractivity contribution in [3.63, 3.8) is 0 Å². The molecule has 20 heavy (non-hydrogen) atoms. The van der Waals surface area contributed by atoms with E-state index in [0.717, 1.165) is 22.5 Å². The van der Waals surface area contributed by atoms with Crippen LogP contribution in [0.25, 0.3) is 16.9 Å². The normalized spacial score (nSPS) is 11.8. The summed E-state index contributed by atoms with van der Waals surface area (Å²) in [5.74, 6) is 0.881. The van der Waals surface area contributed by atoms with Crippen LogP contribution in [0.1, 0.15) is 20.8 Å². The molecular weight excluding hydrogens is 248 g/mol. The highest BCUT2D eigenvalue weighted by atomic mass is 15.1. The van der Waals surface area contributed by atoms with Crippen LogP contribution in [0, 0.1) is 0 Å². The summed E-state index contributed by atoms with van der Waals surface area (Å²) < 4.78 is 2.00. The molecule has 0 atom stereocenters. The summed E-state index contributed by atoms with van der Waals surface area (Å²) in [6.07, 6.45) is 5.66. The Balaban J connectivity index is 2.03. The molecule has 0 aliphatic carbocycles. The molecule has 1 N–H and O–H groups in total. The van der Waals surface area contributed by atoms with E-state index >= 15 is 0 Å². The molecule has 0 aliphatic heterocycles. The zero-order valence-electron chi connectivity index (χ0n) is 12.0. The van der Waals surface area contributed by atoms with Crippen molar-refractivity contribution < 1.29 is 0 Å². The van der Waals surface area contributed by atoms with Crippen LogP contribution in [0.3, 0.4) is 0 Å². The van der Waals surface area contributed by atoms with Crippen molar-refractivity contribution in [3.8, 4) is 5.82 Å². The van der Waals surface area contributed by atoms with Gasteiger partial charge in [0.25, 0.3) is 0 Å². The maximum atomic E-state index is 4.56. The van der Waals surface area contributed by atoms with Gasteiger partial charge < -0.3 is 5.32 Å². The molecule has 0 aliphatic rings. The van der Waals surface area contributed by atoms with E-state index in [0.29, 0.717) is 0 Å². The Bertz CT molecular complexity index is 723. The Labute approximate surface area is 118 Å². The van der Waals surface area contributed by atoms with Crippen molar-refractivity contribution >= 4 is 16.7 Å². The molecule has 0 saturated heterocycles. The second-order valence-electron chi connectivity index (χ2n) is 5.89. The number of hydrogen-bond acceptors (Lipinski definition) is 3. The SMILES string of the molecule is CC(C)(C)Nc1cnc2c(ccn2-c2ccccn2)c1. The first-order valence-electron chi connectivity index (χ1n) is 6.70. The summed E-state index contributed by atoms with van der Waals surface area (Å²) in [5.41, 5.74) is 1.98. The van der Waals surface area contributed by atoms with E-state index in [1.54, 1.807) is 6.20 Å². The van der Waals surface area contributed by atoms with Crippen molar-refractivity contribution in [1.29, 1.82) is 0 Å². The zero-order valence-corrected chi connectivity index (χ0v) is 12.0. The fourth-order valence-corrected chi connectivity index (χ4v) is 2.21. The summed E-state index contributed by atoms with van der Waals surface area (Å²) in [5, 5.41) is 4.54. The highest BCUT2D eigenvalue weighted by Crippen LogP contribution is 2.22. The van der Waals surface area contributed by atoms with E-state index in [9.17, 15) is 0 Å². The van der Waals surface area contributed by atoms with Gasteiger partial charge in [0.05, 0.1) is 11.9 Å². The molecule has 0 amide bonds. The number of fused-ring (bicyclic) bond motifs is 1. The lowest BCUT2D eigenvalue weighted by Crippen LogP contribution is -2.26. The molecule has 102 valence electrons. The third-order valence-electron chi connectivity index (χ3n) is 2.94. The Kier molecular flexibility index (Phi) is 2.93. The molecule has 3 aromatic heterocycles. The number of anilines is 1. The minimum Gasteiger partial charge on any atom is -0.379 e. The smallest absolute Gasteiger partial charge is 0.145 e. The predicted molar refractivity (Wildman–Crippen MR) is 82.2 cm³/mol. The summed E-state index contributed by atoms with van der Waals surface area (Å²) in [6, 6.07) is 10.0. The average molecular weight is 266 g/mol. The van der Waals surface area contributed by atoms with Gasteiger partial charge in [0, 0.05) is 23.3 Å². The van der Waals surface area contributed by atoms with Crippen molar-refractivity contribution in [2.24, 2.45) is 0 Å². The van der Waals surface area contributed by atoms with Crippen molar-refractivity contribution in [2.45, 2.75) is 26.3 Å². The molecule has 3 heterocycles. The largest absolute Gasteiger partial charge is 0.379 e. The maximum Gasteiger partial charge on any atom is 0.145 e. The van der Waals surface area contributed by atoms with Crippen LogP contribution in [0.2, 0.25) is 0 Å². The van der Waals surface area contributed by atoms with Gasteiger partial charge in [-0.3, -0.25) is 4.57 Å². The lowest BCUT2D eigenvalue weighted by Gasteiger charge is -2.21. The number of pyridine rings is 2.